The predicted molar refractivity (Wildman–Crippen MR) is 89.4 cm³/mol. The van der Waals surface area contributed by atoms with Gasteiger partial charge >= 0.3 is 6.18 Å². The molecule has 0 radical (unpaired) electrons. The molecule has 9 heteroatoms. The third-order valence-electron chi connectivity index (χ3n) is 3.56. The van der Waals surface area contributed by atoms with Crippen LogP contribution >= 0.6 is 0 Å². The van der Waals surface area contributed by atoms with Crippen LogP contribution in [-0.2, 0) is 12.7 Å². The Morgan fingerprint density at radius 1 is 1.19 bits per heavy atom. The van der Waals surface area contributed by atoms with Crippen LogP contribution in [0.15, 0.2) is 54.9 Å². The van der Waals surface area contributed by atoms with Crippen molar-refractivity contribution in [1.82, 2.24) is 14.8 Å². The topological polar surface area (TPSA) is 85.8 Å². The van der Waals surface area contributed by atoms with E-state index in [0.717, 1.165) is 23.9 Å². The largest absolute Gasteiger partial charge is 0.416 e. The SMILES string of the molecule is Nc1ccc(C(F)(F)F)cc1C(=O)Nc1ccn(Cc2ccccn2)n1. The maximum Gasteiger partial charge on any atom is 0.416 e. The van der Waals surface area contributed by atoms with Gasteiger partial charge in [-0.15, -0.1) is 0 Å². The molecule has 0 saturated carbocycles. The summed E-state index contributed by atoms with van der Waals surface area (Å²) in [5, 5.41) is 6.60. The van der Waals surface area contributed by atoms with Crippen molar-refractivity contribution < 1.29 is 18.0 Å². The van der Waals surface area contributed by atoms with E-state index in [4.69, 9.17) is 5.73 Å². The van der Waals surface area contributed by atoms with Gasteiger partial charge in [-0.3, -0.25) is 14.5 Å². The Morgan fingerprint density at radius 3 is 2.69 bits per heavy atom. The van der Waals surface area contributed by atoms with Gasteiger partial charge in [0, 0.05) is 24.1 Å². The van der Waals surface area contributed by atoms with Gasteiger partial charge in [0.25, 0.3) is 5.91 Å². The summed E-state index contributed by atoms with van der Waals surface area (Å²) in [7, 11) is 0. The molecule has 26 heavy (non-hydrogen) atoms. The number of rotatable bonds is 4. The lowest BCUT2D eigenvalue weighted by molar-refractivity contribution is -0.137. The lowest BCUT2D eigenvalue weighted by Gasteiger charge is -2.10. The molecule has 3 N–H and O–H groups in total. The lowest BCUT2D eigenvalue weighted by atomic mass is 10.1. The van der Waals surface area contributed by atoms with Crippen LogP contribution in [0.2, 0.25) is 0 Å². The van der Waals surface area contributed by atoms with Gasteiger partial charge in [-0.25, -0.2) is 0 Å². The highest BCUT2D eigenvalue weighted by Crippen LogP contribution is 2.31. The van der Waals surface area contributed by atoms with Crippen LogP contribution < -0.4 is 11.1 Å². The summed E-state index contributed by atoms with van der Waals surface area (Å²) in [5.41, 5.74) is 5.14. The average molecular weight is 361 g/mol. The second-order valence-electron chi connectivity index (χ2n) is 5.47. The molecule has 0 saturated heterocycles. The average Bonchev–Trinajstić information content (AvgIpc) is 3.02. The first-order valence-corrected chi connectivity index (χ1v) is 7.54. The fourth-order valence-corrected chi connectivity index (χ4v) is 2.29. The maximum absolute atomic E-state index is 12.8. The number of pyridine rings is 1. The highest BCUT2D eigenvalue weighted by Gasteiger charge is 2.31. The first kappa shape index (κ1) is 17.5. The van der Waals surface area contributed by atoms with Crippen molar-refractivity contribution in [2.75, 3.05) is 11.1 Å². The van der Waals surface area contributed by atoms with E-state index in [2.05, 4.69) is 15.4 Å². The Labute approximate surface area is 146 Å². The smallest absolute Gasteiger partial charge is 0.398 e. The number of carbonyl (C=O) groups excluding carboxylic acids is 1. The molecule has 2 aromatic heterocycles. The number of alkyl halides is 3. The van der Waals surface area contributed by atoms with Crippen LogP contribution in [0.5, 0.6) is 0 Å². The molecule has 1 aromatic carbocycles. The van der Waals surface area contributed by atoms with Crippen molar-refractivity contribution in [2.24, 2.45) is 0 Å². The number of benzene rings is 1. The van der Waals surface area contributed by atoms with Crippen molar-refractivity contribution in [3.8, 4) is 0 Å². The van der Waals surface area contributed by atoms with Crippen molar-refractivity contribution in [3.63, 3.8) is 0 Å². The molecule has 0 unspecified atom stereocenters. The quantitative estimate of drug-likeness (QED) is 0.699. The summed E-state index contributed by atoms with van der Waals surface area (Å²) in [6, 6.07) is 9.58. The van der Waals surface area contributed by atoms with E-state index in [1.165, 1.54) is 6.07 Å². The Morgan fingerprint density at radius 2 is 2.00 bits per heavy atom. The summed E-state index contributed by atoms with van der Waals surface area (Å²) in [6.45, 7) is 0.391. The van der Waals surface area contributed by atoms with Gasteiger partial charge in [0.1, 0.15) is 0 Å². The van der Waals surface area contributed by atoms with E-state index in [0.29, 0.717) is 6.54 Å². The molecule has 3 aromatic rings. The zero-order valence-corrected chi connectivity index (χ0v) is 13.4. The minimum absolute atomic E-state index is 0.0524. The second-order valence-corrected chi connectivity index (χ2v) is 5.47. The van der Waals surface area contributed by atoms with Gasteiger partial charge in [0.2, 0.25) is 0 Å². The Kier molecular flexibility index (Phi) is 4.61. The zero-order valence-electron chi connectivity index (χ0n) is 13.4. The number of hydrogen-bond donors (Lipinski definition) is 2. The number of carbonyl (C=O) groups is 1. The third-order valence-corrected chi connectivity index (χ3v) is 3.56. The molecule has 0 aliphatic carbocycles. The van der Waals surface area contributed by atoms with Gasteiger partial charge in [-0.1, -0.05) is 6.07 Å². The van der Waals surface area contributed by atoms with Crippen LogP contribution in [0.4, 0.5) is 24.7 Å². The molecular weight excluding hydrogens is 347 g/mol. The van der Waals surface area contributed by atoms with Crippen LogP contribution in [0.3, 0.4) is 0 Å². The van der Waals surface area contributed by atoms with E-state index in [9.17, 15) is 18.0 Å². The van der Waals surface area contributed by atoms with Gasteiger partial charge in [0.15, 0.2) is 5.82 Å². The zero-order chi connectivity index (χ0) is 18.7. The standard InChI is InChI=1S/C17H14F3N5O/c18-17(19,20)11-4-5-14(21)13(9-11)16(26)23-15-6-8-25(24-15)10-12-3-1-2-7-22-12/h1-9H,10,21H2,(H,23,24,26). The summed E-state index contributed by atoms with van der Waals surface area (Å²) in [6.07, 6.45) is -1.29. The molecule has 3 rings (SSSR count). The van der Waals surface area contributed by atoms with Crippen molar-refractivity contribution in [1.29, 1.82) is 0 Å². The molecule has 0 aliphatic heterocycles. The highest BCUT2D eigenvalue weighted by atomic mass is 19.4. The Hall–Kier alpha value is -3.36. The first-order chi connectivity index (χ1) is 12.3. The minimum atomic E-state index is -4.56. The number of nitrogens with two attached hydrogens (primary N) is 1. The van der Waals surface area contributed by atoms with E-state index >= 15 is 0 Å². The number of hydrogen-bond acceptors (Lipinski definition) is 4. The number of nitrogen functional groups attached to an aromatic ring is 1. The number of aromatic nitrogens is 3. The van der Waals surface area contributed by atoms with Crippen molar-refractivity contribution in [3.05, 3.63) is 71.7 Å². The van der Waals surface area contributed by atoms with Crippen LogP contribution in [0.25, 0.3) is 0 Å². The normalized spacial score (nSPS) is 11.3. The maximum atomic E-state index is 12.8. The number of anilines is 2. The third kappa shape index (κ3) is 4.00. The Balaban J connectivity index is 1.75. The molecule has 1 amide bonds. The minimum Gasteiger partial charge on any atom is -0.398 e. The molecule has 6 nitrogen and oxygen atoms in total. The molecule has 0 aliphatic rings. The summed E-state index contributed by atoms with van der Waals surface area (Å²) in [4.78, 5) is 16.4. The van der Waals surface area contributed by atoms with Gasteiger partial charge < -0.3 is 11.1 Å². The van der Waals surface area contributed by atoms with E-state index < -0.39 is 17.6 Å². The molecule has 0 fully saturated rings. The van der Waals surface area contributed by atoms with Crippen molar-refractivity contribution >= 4 is 17.4 Å². The number of nitrogens with zero attached hydrogens (tertiary/aromatic N) is 3. The Bertz CT molecular complexity index is 922. The van der Waals surface area contributed by atoms with Crippen LogP contribution in [0.1, 0.15) is 21.6 Å². The highest BCUT2D eigenvalue weighted by molar-refractivity contribution is 6.07. The summed E-state index contributed by atoms with van der Waals surface area (Å²) >= 11 is 0. The fourth-order valence-electron chi connectivity index (χ4n) is 2.29. The molecule has 0 atom stereocenters. The molecular formula is C17H14F3N5O. The van der Waals surface area contributed by atoms with Crippen LogP contribution in [-0.4, -0.2) is 20.7 Å². The van der Waals surface area contributed by atoms with Gasteiger partial charge in [-0.2, -0.15) is 18.3 Å². The number of amides is 1. The molecule has 2 heterocycles. The molecule has 134 valence electrons. The first-order valence-electron chi connectivity index (χ1n) is 7.54. The lowest BCUT2D eigenvalue weighted by Crippen LogP contribution is -2.16. The summed E-state index contributed by atoms with van der Waals surface area (Å²) in [5.74, 6) is -0.570. The van der Waals surface area contributed by atoms with E-state index in [1.54, 1.807) is 23.1 Å². The number of nitrogens with one attached hydrogen (secondary N) is 1. The monoisotopic (exact) mass is 361 g/mol. The van der Waals surface area contributed by atoms with Gasteiger partial charge in [-0.05, 0) is 30.3 Å². The van der Waals surface area contributed by atoms with E-state index in [-0.39, 0.29) is 17.1 Å². The van der Waals surface area contributed by atoms with Crippen molar-refractivity contribution in [2.45, 2.75) is 12.7 Å². The predicted octanol–water partition coefficient (Wildman–Crippen LogP) is 3.18. The van der Waals surface area contributed by atoms with E-state index in [1.807, 2.05) is 12.1 Å². The van der Waals surface area contributed by atoms with Crippen LogP contribution in [0, 0.1) is 0 Å². The second kappa shape index (κ2) is 6.87. The molecule has 0 bridgehead atoms. The fraction of sp³-hybridized carbons (Fsp3) is 0.118. The van der Waals surface area contributed by atoms with Gasteiger partial charge in [0.05, 0.1) is 23.4 Å². The molecule has 0 spiro atoms. The number of halogens is 3. The summed E-state index contributed by atoms with van der Waals surface area (Å²) < 4.78 is 40.0.